The topological polar surface area (TPSA) is 95.6 Å². The van der Waals surface area contributed by atoms with Gasteiger partial charge in [-0.15, -0.1) is 0 Å². The first-order valence-corrected chi connectivity index (χ1v) is 10.6. The fraction of sp³-hybridized carbons (Fsp3) is 0.333. The van der Waals surface area contributed by atoms with Gasteiger partial charge in [0.2, 0.25) is 5.91 Å². The van der Waals surface area contributed by atoms with Crippen molar-refractivity contribution in [2.45, 2.75) is 44.6 Å². The van der Waals surface area contributed by atoms with E-state index in [1.807, 2.05) is 24.3 Å². The van der Waals surface area contributed by atoms with Crippen molar-refractivity contribution in [3.05, 3.63) is 65.2 Å². The second-order valence-electron chi connectivity index (χ2n) is 7.99. The summed E-state index contributed by atoms with van der Waals surface area (Å²) in [6, 6.07) is 13.6. The molecule has 0 saturated carbocycles. The molecule has 1 heterocycles. The molecular weight excluding hydrogens is 394 g/mol. The first-order valence-electron chi connectivity index (χ1n) is 10.6. The van der Waals surface area contributed by atoms with Gasteiger partial charge in [-0.05, 0) is 61.1 Å². The number of rotatable bonds is 5. The highest BCUT2D eigenvalue weighted by Crippen LogP contribution is 2.39. The molecule has 1 unspecified atom stereocenters. The highest BCUT2D eigenvalue weighted by atomic mass is 16.2. The van der Waals surface area contributed by atoms with Crippen molar-refractivity contribution >= 4 is 29.3 Å². The van der Waals surface area contributed by atoms with Crippen LogP contribution in [-0.4, -0.2) is 35.1 Å². The van der Waals surface area contributed by atoms with Crippen LogP contribution in [0.2, 0.25) is 0 Å². The van der Waals surface area contributed by atoms with Gasteiger partial charge in [-0.25, -0.2) is 4.79 Å². The van der Waals surface area contributed by atoms with Gasteiger partial charge >= 0.3 is 6.03 Å². The molecule has 1 aliphatic heterocycles. The quantitative estimate of drug-likeness (QED) is 0.574. The molecule has 0 radical (unpaired) electrons. The number of imide groups is 1. The Morgan fingerprint density at radius 3 is 2.55 bits per heavy atom. The van der Waals surface area contributed by atoms with Gasteiger partial charge in [0, 0.05) is 17.7 Å². The molecule has 0 bridgehead atoms. The Labute approximate surface area is 180 Å². The number of nitrogens with one attached hydrogen (secondary N) is 2. The van der Waals surface area contributed by atoms with Crippen LogP contribution in [0.15, 0.2) is 48.5 Å². The number of carbonyl (C=O) groups is 4. The minimum absolute atomic E-state index is 0.118. The van der Waals surface area contributed by atoms with E-state index in [9.17, 15) is 19.2 Å². The number of hydrogen-bond acceptors (Lipinski definition) is 4. The monoisotopic (exact) mass is 419 g/mol. The van der Waals surface area contributed by atoms with Crippen LogP contribution in [0.5, 0.6) is 0 Å². The number of Topliss-reactive ketones (excluding diaryl/α,β-unsaturated/α-hetero) is 1. The average molecular weight is 419 g/mol. The van der Waals surface area contributed by atoms with Gasteiger partial charge in [0.05, 0.1) is 6.54 Å². The van der Waals surface area contributed by atoms with Crippen molar-refractivity contribution in [1.29, 1.82) is 0 Å². The fourth-order valence-electron chi connectivity index (χ4n) is 4.34. The van der Waals surface area contributed by atoms with Crippen LogP contribution in [-0.2, 0) is 21.5 Å². The van der Waals surface area contributed by atoms with E-state index >= 15 is 0 Å². The lowest BCUT2D eigenvalue weighted by Crippen LogP contribution is -2.44. The summed E-state index contributed by atoms with van der Waals surface area (Å²) in [6.45, 7) is 1.43. The number of carbonyl (C=O) groups excluding carboxylic acids is 4. The van der Waals surface area contributed by atoms with E-state index in [1.165, 1.54) is 0 Å². The number of nitrogens with zero attached hydrogens (tertiary/aromatic N) is 1. The number of anilines is 1. The van der Waals surface area contributed by atoms with E-state index in [2.05, 4.69) is 10.6 Å². The Hall–Kier alpha value is -3.48. The summed E-state index contributed by atoms with van der Waals surface area (Å²) < 4.78 is 0. The first kappa shape index (κ1) is 20.8. The molecule has 2 aliphatic rings. The lowest BCUT2D eigenvalue weighted by molar-refractivity contribution is -0.131. The molecule has 2 aromatic carbocycles. The summed E-state index contributed by atoms with van der Waals surface area (Å²) in [5.74, 6) is -0.824. The molecule has 160 valence electrons. The molecule has 0 aromatic heterocycles. The third kappa shape index (κ3) is 3.83. The number of benzene rings is 2. The van der Waals surface area contributed by atoms with Crippen molar-refractivity contribution in [3.8, 4) is 0 Å². The van der Waals surface area contributed by atoms with E-state index < -0.39 is 11.6 Å². The number of amides is 4. The molecule has 4 rings (SSSR count). The second-order valence-corrected chi connectivity index (χ2v) is 7.99. The molecule has 1 fully saturated rings. The Morgan fingerprint density at radius 2 is 1.81 bits per heavy atom. The average Bonchev–Trinajstić information content (AvgIpc) is 2.92. The summed E-state index contributed by atoms with van der Waals surface area (Å²) in [4.78, 5) is 51.5. The standard InChI is InChI=1S/C24H25N3O4/c1-2-21(29)25-18-12-10-17(11-13-18)20(28)15-27-22(30)24(26-23(27)31)14-6-5-8-16-7-3-4-9-19(16)24/h3-4,7,9-13H,2,5-6,8,14-15H2,1H3,(H,25,29)(H,26,31). The molecule has 1 saturated heterocycles. The number of ketones is 1. The van der Waals surface area contributed by atoms with E-state index in [0.29, 0.717) is 24.1 Å². The van der Waals surface area contributed by atoms with Crippen LogP contribution in [0.3, 0.4) is 0 Å². The van der Waals surface area contributed by atoms with Crippen molar-refractivity contribution < 1.29 is 19.2 Å². The maximum atomic E-state index is 13.4. The van der Waals surface area contributed by atoms with Crippen LogP contribution in [0.4, 0.5) is 10.5 Å². The Balaban J connectivity index is 1.54. The molecular formula is C24H25N3O4. The van der Waals surface area contributed by atoms with Crippen LogP contribution >= 0.6 is 0 Å². The third-order valence-corrected chi connectivity index (χ3v) is 6.01. The zero-order chi connectivity index (χ0) is 22.0. The molecule has 7 heteroatoms. The maximum Gasteiger partial charge on any atom is 0.325 e. The van der Waals surface area contributed by atoms with Gasteiger partial charge in [0.25, 0.3) is 5.91 Å². The second kappa shape index (κ2) is 8.34. The number of fused-ring (bicyclic) bond motifs is 2. The lowest BCUT2D eigenvalue weighted by atomic mass is 9.84. The molecule has 2 N–H and O–H groups in total. The van der Waals surface area contributed by atoms with E-state index in [1.54, 1.807) is 31.2 Å². The minimum atomic E-state index is -1.10. The number of aryl methyl sites for hydroxylation is 1. The summed E-state index contributed by atoms with van der Waals surface area (Å²) in [5.41, 5.74) is 1.76. The molecule has 1 atom stereocenters. The first-order chi connectivity index (χ1) is 14.9. The van der Waals surface area contributed by atoms with Gasteiger partial charge in [-0.3, -0.25) is 19.3 Å². The number of hydrogen-bond donors (Lipinski definition) is 2. The van der Waals surface area contributed by atoms with Gasteiger partial charge < -0.3 is 10.6 Å². The predicted octanol–water partition coefficient (Wildman–Crippen LogP) is 3.39. The maximum absolute atomic E-state index is 13.4. The molecule has 31 heavy (non-hydrogen) atoms. The van der Waals surface area contributed by atoms with E-state index in [0.717, 1.165) is 35.3 Å². The highest BCUT2D eigenvalue weighted by molar-refractivity contribution is 6.11. The van der Waals surface area contributed by atoms with Gasteiger partial charge in [-0.1, -0.05) is 31.2 Å². The van der Waals surface area contributed by atoms with Crippen LogP contribution < -0.4 is 10.6 Å². The van der Waals surface area contributed by atoms with Crippen LogP contribution in [0.25, 0.3) is 0 Å². The lowest BCUT2D eigenvalue weighted by Gasteiger charge is -2.27. The molecule has 2 aromatic rings. The van der Waals surface area contributed by atoms with Crippen molar-refractivity contribution in [2.75, 3.05) is 11.9 Å². The number of urea groups is 1. The zero-order valence-electron chi connectivity index (χ0n) is 17.4. The van der Waals surface area contributed by atoms with Gasteiger partial charge in [0.15, 0.2) is 5.78 Å². The SMILES string of the molecule is CCC(=O)Nc1ccc(C(=O)CN2C(=O)NC3(CCCCc4ccccc43)C2=O)cc1. The predicted molar refractivity (Wildman–Crippen MR) is 116 cm³/mol. The Morgan fingerprint density at radius 1 is 1.06 bits per heavy atom. The van der Waals surface area contributed by atoms with Gasteiger partial charge in [-0.2, -0.15) is 0 Å². The zero-order valence-corrected chi connectivity index (χ0v) is 17.4. The summed E-state index contributed by atoms with van der Waals surface area (Å²) in [5, 5.41) is 5.62. The molecule has 4 amide bonds. The molecule has 1 aliphatic carbocycles. The summed E-state index contributed by atoms with van der Waals surface area (Å²) in [6.07, 6.45) is 3.50. The summed E-state index contributed by atoms with van der Waals surface area (Å²) in [7, 11) is 0. The summed E-state index contributed by atoms with van der Waals surface area (Å²) >= 11 is 0. The largest absolute Gasteiger partial charge is 0.326 e. The Kier molecular flexibility index (Phi) is 5.59. The normalized spacial score (nSPS) is 20.2. The van der Waals surface area contributed by atoms with Crippen molar-refractivity contribution in [1.82, 2.24) is 10.2 Å². The smallest absolute Gasteiger partial charge is 0.325 e. The Bertz CT molecular complexity index is 1050. The van der Waals surface area contributed by atoms with Crippen molar-refractivity contribution in [2.24, 2.45) is 0 Å². The van der Waals surface area contributed by atoms with Crippen molar-refractivity contribution in [3.63, 3.8) is 0 Å². The van der Waals surface area contributed by atoms with E-state index in [-0.39, 0.29) is 24.1 Å². The molecule has 1 spiro atoms. The molecule has 7 nitrogen and oxygen atoms in total. The van der Waals surface area contributed by atoms with E-state index in [4.69, 9.17) is 0 Å². The van der Waals surface area contributed by atoms with Gasteiger partial charge in [0.1, 0.15) is 5.54 Å². The third-order valence-electron chi connectivity index (χ3n) is 6.01. The van der Waals surface area contributed by atoms with Crippen LogP contribution in [0.1, 0.15) is 54.1 Å². The highest BCUT2D eigenvalue weighted by Gasteiger charge is 2.53. The fourth-order valence-corrected chi connectivity index (χ4v) is 4.34. The minimum Gasteiger partial charge on any atom is -0.326 e. The van der Waals surface area contributed by atoms with Crippen LogP contribution in [0, 0.1) is 0 Å².